The van der Waals surface area contributed by atoms with Crippen LogP contribution in [0.3, 0.4) is 0 Å². The van der Waals surface area contributed by atoms with Crippen LogP contribution in [0, 0.1) is 18.2 Å². The molecule has 0 radical (unpaired) electrons. The molecule has 1 atom stereocenters. The molecule has 1 heterocycles. The third-order valence-electron chi connectivity index (χ3n) is 4.81. The maximum atomic E-state index is 14.3. The number of nitrogens with zero attached hydrogens (tertiary/aromatic N) is 2. The van der Waals surface area contributed by atoms with Gasteiger partial charge in [-0.1, -0.05) is 12.1 Å². The van der Waals surface area contributed by atoms with Crippen LogP contribution >= 0.6 is 0 Å². The van der Waals surface area contributed by atoms with Gasteiger partial charge in [-0.2, -0.15) is 0 Å². The van der Waals surface area contributed by atoms with Gasteiger partial charge in [-0.3, -0.25) is 0 Å². The van der Waals surface area contributed by atoms with Gasteiger partial charge < -0.3 is 14.4 Å². The second-order valence-corrected chi connectivity index (χ2v) is 8.28. The average molecular weight is 414 g/mol. The summed E-state index contributed by atoms with van der Waals surface area (Å²) in [6, 6.07) is 8.65. The number of carbonyl (C=O) groups is 1. The van der Waals surface area contributed by atoms with Gasteiger partial charge >= 0.3 is 6.09 Å². The van der Waals surface area contributed by atoms with Crippen molar-refractivity contribution < 1.29 is 23.0 Å². The molecule has 158 valence electrons. The molecule has 0 saturated carbocycles. The Bertz CT molecular complexity index is 979. The topological polar surface area (TPSA) is 43.1 Å². The fourth-order valence-corrected chi connectivity index (χ4v) is 3.32. The molecule has 1 fully saturated rings. The van der Waals surface area contributed by atoms with E-state index in [9.17, 15) is 13.6 Å². The van der Waals surface area contributed by atoms with Crippen LogP contribution in [0.25, 0.3) is 4.85 Å². The highest BCUT2D eigenvalue weighted by Gasteiger charge is 2.30. The second kappa shape index (κ2) is 8.70. The van der Waals surface area contributed by atoms with Gasteiger partial charge in [-0.05, 0) is 57.0 Å². The van der Waals surface area contributed by atoms with Crippen molar-refractivity contribution in [1.29, 1.82) is 0 Å². The van der Waals surface area contributed by atoms with E-state index in [4.69, 9.17) is 16.0 Å². The summed E-state index contributed by atoms with van der Waals surface area (Å²) in [7, 11) is 0. The van der Waals surface area contributed by atoms with E-state index >= 15 is 0 Å². The molecule has 1 saturated heterocycles. The lowest BCUT2D eigenvalue weighted by molar-refractivity contribution is 0.0292. The van der Waals surface area contributed by atoms with E-state index in [0.717, 1.165) is 18.1 Å². The summed E-state index contributed by atoms with van der Waals surface area (Å²) in [5.74, 6) is -1.08. The zero-order valence-electron chi connectivity index (χ0n) is 17.2. The molecule has 1 amide bonds. The van der Waals surface area contributed by atoms with E-state index in [1.807, 2.05) is 20.8 Å². The standard InChI is InChI=1S/C23H24F2N2O3/c1-23(2,3)30-22(28)27-10-9-16(13-27)15-5-7-19(24)17(11-15)14-29-21-8-6-18(26-4)12-20(21)25/h5-8,11-12,16H,9-10,13-14H2,1-3H3/t16-/m1/s1. The maximum Gasteiger partial charge on any atom is 0.410 e. The second-order valence-electron chi connectivity index (χ2n) is 8.28. The van der Waals surface area contributed by atoms with Gasteiger partial charge in [-0.25, -0.2) is 18.4 Å². The third kappa shape index (κ3) is 5.26. The van der Waals surface area contributed by atoms with Crippen LogP contribution in [0.5, 0.6) is 5.75 Å². The Morgan fingerprint density at radius 1 is 1.20 bits per heavy atom. The summed E-state index contributed by atoms with van der Waals surface area (Å²) in [5, 5.41) is 0. The quantitative estimate of drug-likeness (QED) is 0.592. The fourth-order valence-electron chi connectivity index (χ4n) is 3.32. The minimum Gasteiger partial charge on any atom is -0.486 e. The number of benzene rings is 2. The number of rotatable bonds is 4. The minimum atomic E-state index is -0.663. The SMILES string of the molecule is [C-]#[N+]c1ccc(OCc2cc([C@@H]3CCN(C(=O)OC(C)(C)C)C3)ccc2F)c(F)c1. The first kappa shape index (κ1) is 21.6. The average Bonchev–Trinajstić information content (AvgIpc) is 3.17. The first-order chi connectivity index (χ1) is 14.2. The van der Waals surface area contributed by atoms with Gasteiger partial charge in [0.1, 0.15) is 18.0 Å². The van der Waals surface area contributed by atoms with Crippen molar-refractivity contribution in [2.45, 2.75) is 45.3 Å². The Morgan fingerprint density at radius 3 is 2.63 bits per heavy atom. The van der Waals surface area contributed by atoms with Crippen molar-refractivity contribution in [3.63, 3.8) is 0 Å². The zero-order chi connectivity index (χ0) is 21.9. The lowest BCUT2D eigenvalue weighted by Gasteiger charge is -2.24. The highest BCUT2D eigenvalue weighted by Crippen LogP contribution is 2.30. The zero-order valence-corrected chi connectivity index (χ0v) is 17.2. The molecule has 7 heteroatoms. The number of amides is 1. The van der Waals surface area contributed by atoms with Crippen LogP contribution in [0.2, 0.25) is 0 Å². The predicted molar refractivity (Wildman–Crippen MR) is 109 cm³/mol. The first-order valence-corrected chi connectivity index (χ1v) is 9.72. The molecule has 0 spiro atoms. The molecule has 2 aromatic carbocycles. The predicted octanol–water partition coefficient (Wildman–Crippen LogP) is 5.82. The Labute approximate surface area is 175 Å². The van der Waals surface area contributed by atoms with Crippen molar-refractivity contribution in [3.8, 4) is 5.75 Å². The van der Waals surface area contributed by atoms with Crippen molar-refractivity contribution in [1.82, 2.24) is 4.90 Å². The largest absolute Gasteiger partial charge is 0.486 e. The molecule has 2 aromatic rings. The van der Waals surface area contributed by atoms with E-state index in [1.54, 1.807) is 17.0 Å². The van der Waals surface area contributed by atoms with E-state index in [-0.39, 0.29) is 30.1 Å². The Kier molecular flexibility index (Phi) is 6.25. The van der Waals surface area contributed by atoms with E-state index in [1.165, 1.54) is 18.2 Å². The minimum absolute atomic E-state index is 0.0378. The molecule has 0 unspecified atom stereocenters. The van der Waals surface area contributed by atoms with Gasteiger partial charge in [0.25, 0.3) is 0 Å². The van der Waals surface area contributed by atoms with Gasteiger partial charge in [0, 0.05) is 24.6 Å². The molecule has 30 heavy (non-hydrogen) atoms. The number of hydrogen-bond acceptors (Lipinski definition) is 3. The van der Waals surface area contributed by atoms with Crippen molar-refractivity contribution >= 4 is 11.8 Å². The fraction of sp³-hybridized carbons (Fsp3) is 0.391. The monoisotopic (exact) mass is 414 g/mol. The van der Waals surface area contributed by atoms with Crippen LogP contribution in [0.4, 0.5) is 19.3 Å². The van der Waals surface area contributed by atoms with Crippen LogP contribution in [0.15, 0.2) is 36.4 Å². The molecule has 0 bridgehead atoms. The number of likely N-dealkylation sites (tertiary alicyclic amines) is 1. The van der Waals surface area contributed by atoms with Gasteiger partial charge in [0.05, 0.1) is 6.57 Å². The molecule has 0 N–H and O–H groups in total. The highest BCUT2D eigenvalue weighted by molar-refractivity contribution is 5.68. The lowest BCUT2D eigenvalue weighted by Crippen LogP contribution is -2.35. The molecular weight excluding hydrogens is 390 g/mol. The molecule has 5 nitrogen and oxygen atoms in total. The molecular formula is C23H24F2N2O3. The highest BCUT2D eigenvalue weighted by atomic mass is 19.1. The van der Waals surface area contributed by atoms with Gasteiger partial charge in [0.15, 0.2) is 17.3 Å². The van der Waals surface area contributed by atoms with Crippen LogP contribution < -0.4 is 4.74 Å². The normalized spacial score (nSPS) is 16.3. The van der Waals surface area contributed by atoms with Crippen LogP contribution in [-0.2, 0) is 11.3 Å². The smallest absolute Gasteiger partial charge is 0.410 e. The first-order valence-electron chi connectivity index (χ1n) is 9.72. The Hall–Kier alpha value is -3.14. The summed E-state index contributed by atoms with van der Waals surface area (Å²) in [5.41, 5.74) is 0.809. The number of halogens is 2. The molecule has 3 rings (SSSR count). The third-order valence-corrected chi connectivity index (χ3v) is 4.81. The summed E-state index contributed by atoms with van der Waals surface area (Å²) in [4.78, 5) is 17.1. The molecule has 1 aliphatic rings. The number of hydrogen-bond donors (Lipinski definition) is 0. The van der Waals surface area contributed by atoms with Crippen molar-refractivity contribution in [2.75, 3.05) is 13.1 Å². The molecule has 0 aromatic heterocycles. The molecule has 1 aliphatic heterocycles. The van der Waals surface area contributed by atoms with Gasteiger partial charge in [-0.15, -0.1) is 0 Å². The van der Waals surface area contributed by atoms with E-state index < -0.39 is 17.2 Å². The Balaban J connectivity index is 1.67. The summed E-state index contributed by atoms with van der Waals surface area (Å²) in [6.45, 7) is 13.3. The number of ether oxygens (including phenoxy) is 2. The van der Waals surface area contributed by atoms with E-state index in [2.05, 4.69) is 4.85 Å². The summed E-state index contributed by atoms with van der Waals surface area (Å²) >= 11 is 0. The number of carbonyl (C=O) groups excluding carboxylic acids is 1. The summed E-state index contributed by atoms with van der Waals surface area (Å²) in [6.07, 6.45) is 0.395. The Morgan fingerprint density at radius 2 is 1.97 bits per heavy atom. The molecule has 0 aliphatic carbocycles. The van der Waals surface area contributed by atoms with Gasteiger partial charge in [0.2, 0.25) is 0 Å². The lowest BCUT2D eigenvalue weighted by atomic mass is 9.96. The maximum absolute atomic E-state index is 14.3. The van der Waals surface area contributed by atoms with Crippen molar-refractivity contribution in [3.05, 3.63) is 70.6 Å². The van der Waals surface area contributed by atoms with E-state index in [0.29, 0.717) is 18.7 Å². The van der Waals surface area contributed by atoms with Crippen molar-refractivity contribution in [2.24, 2.45) is 0 Å². The summed E-state index contributed by atoms with van der Waals surface area (Å²) < 4.78 is 39.1. The van der Waals surface area contributed by atoms with Crippen LogP contribution in [-0.4, -0.2) is 29.7 Å². The van der Waals surface area contributed by atoms with Crippen LogP contribution in [0.1, 0.15) is 44.2 Å².